The third kappa shape index (κ3) is 3.67. The van der Waals surface area contributed by atoms with Crippen LogP contribution in [0.3, 0.4) is 0 Å². The van der Waals surface area contributed by atoms with Gasteiger partial charge < -0.3 is 9.80 Å². The Bertz CT molecular complexity index is 697. The van der Waals surface area contributed by atoms with Crippen molar-refractivity contribution in [3.05, 3.63) is 52.8 Å². The van der Waals surface area contributed by atoms with E-state index in [1.54, 1.807) is 0 Å². The van der Waals surface area contributed by atoms with Gasteiger partial charge in [0.2, 0.25) is 0 Å². The molecule has 1 aliphatic rings. The minimum atomic E-state index is 0.142. The van der Waals surface area contributed by atoms with Crippen LogP contribution >= 0.6 is 0 Å². The number of piperazine rings is 1. The summed E-state index contributed by atoms with van der Waals surface area (Å²) in [5, 5.41) is 4.49. The van der Waals surface area contributed by atoms with Gasteiger partial charge in [0.05, 0.1) is 12.2 Å². The number of likely N-dealkylation sites (N-methyl/N-ethyl adjacent to an activating group) is 1. The van der Waals surface area contributed by atoms with Crippen LogP contribution in [-0.4, -0.2) is 58.2 Å². The van der Waals surface area contributed by atoms with Crippen LogP contribution in [0.15, 0.2) is 30.3 Å². The van der Waals surface area contributed by atoms with Crippen LogP contribution in [0.1, 0.15) is 34.2 Å². The van der Waals surface area contributed by atoms with Crippen molar-refractivity contribution in [2.45, 2.75) is 27.3 Å². The summed E-state index contributed by atoms with van der Waals surface area (Å²) in [5.41, 5.74) is 4.12. The van der Waals surface area contributed by atoms with Crippen LogP contribution in [0.2, 0.25) is 0 Å². The molecule has 1 amide bonds. The fourth-order valence-corrected chi connectivity index (χ4v) is 3.21. The molecule has 0 atom stereocenters. The van der Waals surface area contributed by atoms with E-state index in [-0.39, 0.29) is 5.91 Å². The summed E-state index contributed by atoms with van der Waals surface area (Å²) in [4.78, 5) is 16.9. The molecule has 5 nitrogen and oxygen atoms in total. The zero-order valence-electron chi connectivity index (χ0n) is 14.8. The van der Waals surface area contributed by atoms with E-state index in [2.05, 4.69) is 29.9 Å². The van der Waals surface area contributed by atoms with Crippen molar-refractivity contribution in [2.75, 3.05) is 32.7 Å². The molecule has 2 heterocycles. The standard InChI is InChI=1S/C19H26N4O/c1-4-21-9-11-22(12-10-21)19(24)18-7-5-17(6-8-18)14-23-16(3)13-15(2)20-23/h5-8,13H,4,9-12,14H2,1-3H3. The molecule has 24 heavy (non-hydrogen) atoms. The highest BCUT2D eigenvalue weighted by molar-refractivity contribution is 5.94. The normalized spacial score (nSPS) is 15.7. The fourth-order valence-electron chi connectivity index (χ4n) is 3.21. The molecule has 0 unspecified atom stereocenters. The van der Waals surface area contributed by atoms with Crippen LogP contribution < -0.4 is 0 Å². The first kappa shape index (κ1) is 16.7. The van der Waals surface area contributed by atoms with Crippen molar-refractivity contribution in [1.82, 2.24) is 19.6 Å². The van der Waals surface area contributed by atoms with Crippen LogP contribution in [-0.2, 0) is 6.54 Å². The number of benzene rings is 1. The summed E-state index contributed by atoms with van der Waals surface area (Å²) in [5.74, 6) is 0.142. The largest absolute Gasteiger partial charge is 0.336 e. The SMILES string of the molecule is CCN1CCN(C(=O)c2ccc(Cn3nc(C)cc3C)cc2)CC1. The second-order valence-corrected chi connectivity index (χ2v) is 6.51. The molecule has 0 spiro atoms. The number of hydrogen-bond donors (Lipinski definition) is 0. The first-order valence-electron chi connectivity index (χ1n) is 8.68. The third-order valence-corrected chi connectivity index (χ3v) is 4.74. The van der Waals surface area contributed by atoms with Crippen LogP contribution in [0.25, 0.3) is 0 Å². The molecule has 1 fully saturated rings. The first-order valence-corrected chi connectivity index (χ1v) is 8.68. The average molecular weight is 326 g/mol. The lowest BCUT2D eigenvalue weighted by Gasteiger charge is -2.34. The summed E-state index contributed by atoms with van der Waals surface area (Å²) in [6.07, 6.45) is 0. The Kier molecular flexibility index (Phi) is 5.00. The second kappa shape index (κ2) is 7.18. The van der Waals surface area contributed by atoms with Gasteiger partial charge >= 0.3 is 0 Å². The van der Waals surface area contributed by atoms with Gasteiger partial charge in [0.1, 0.15) is 0 Å². The van der Waals surface area contributed by atoms with Crippen LogP contribution in [0.4, 0.5) is 0 Å². The lowest BCUT2D eigenvalue weighted by molar-refractivity contribution is 0.0643. The van der Waals surface area contributed by atoms with Gasteiger partial charge in [0.15, 0.2) is 0 Å². The summed E-state index contributed by atoms with van der Waals surface area (Å²) in [7, 11) is 0. The summed E-state index contributed by atoms with van der Waals surface area (Å²) in [6, 6.07) is 10.0. The minimum absolute atomic E-state index is 0.142. The van der Waals surface area contributed by atoms with E-state index < -0.39 is 0 Å². The topological polar surface area (TPSA) is 41.4 Å². The van der Waals surface area contributed by atoms with E-state index in [1.807, 2.05) is 40.8 Å². The molecular formula is C19H26N4O. The van der Waals surface area contributed by atoms with Gasteiger partial charge in [0.25, 0.3) is 5.91 Å². The van der Waals surface area contributed by atoms with Gasteiger partial charge in [-0.2, -0.15) is 5.10 Å². The highest BCUT2D eigenvalue weighted by atomic mass is 16.2. The number of aryl methyl sites for hydroxylation is 2. The predicted molar refractivity (Wildman–Crippen MR) is 95.3 cm³/mol. The average Bonchev–Trinajstić information content (AvgIpc) is 2.92. The van der Waals surface area contributed by atoms with Gasteiger partial charge in [-0.3, -0.25) is 9.48 Å². The molecule has 1 aliphatic heterocycles. The molecule has 0 N–H and O–H groups in total. The smallest absolute Gasteiger partial charge is 0.253 e. The molecule has 1 aromatic carbocycles. The Balaban J connectivity index is 1.64. The second-order valence-electron chi connectivity index (χ2n) is 6.51. The number of carbonyl (C=O) groups is 1. The van der Waals surface area contributed by atoms with Gasteiger partial charge in [-0.25, -0.2) is 0 Å². The van der Waals surface area contributed by atoms with Crippen LogP contribution in [0.5, 0.6) is 0 Å². The maximum Gasteiger partial charge on any atom is 0.253 e. The van der Waals surface area contributed by atoms with Gasteiger partial charge in [-0.05, 0) is 44.2 Å². The molecule has 0 bridgehead atoms. The van der Waals surface area contributed by atoms with E-state index in [0.29, 0.717) is 0 Å². The summed E-state index contributed by atoms with van der Waals surface area (Å²) < 4.78 is 2.00. The van der Waals surface area contributed by atoms with Crippen molar-refractivity contribution < 1.29 is 4.79 Å². The summed E-state index contributed by atoms with van der Waals surface area (Å²) in [6.45, 7) is 11.6. The Hall–Kier alpha value is -2.14. The number of nitrogens with zero attached hydrogens (tertiary/aromatic N) is 4. The molecule has 1 aromatic heterocycles. The monoisotopic (exact) mass is 326 g/mol. The molecule has 2 aromatic rings. The lowest BCUT2D eigenvalue weighted by Crippen LogP contribution is -2.48. The lowest BCUT2D eigenvalue weighted by atomic mass is 10.1. The molecule has 0 saturated carbocycles. The third-order valence-electron chi connectivity index (χ3n) is 4.74. The maximum absolute atomic E-state index is 12.6. The minimum Gasteiger partial charge on any atom is -0.336 e. The predicted octanol–water partition coefficient (Wildman–Crippen LogP) is 2.33. The van der Waals surface area contributed by atoms with Crippen molar-refractivity contribution >= 4 is 5.91 Å². The zero-order chi connectivity index (χ0) is 17.1. The van der Waals surface area contributed by atoms with E-state index in [0.717, 1.165) is 61.8 Å². The fraction of sp³-hybridized carbons (Fsp3) is 0.474. The Morgan fingerprint density at radius 1 is 1.08 bits per heavy atom. The molecule has 0 radical (unpaired) electrons. The highest BCUT2D eigenvalue weighted by Crippen LogP contribution is 2.12. The Morgan fingerprint density at radius 3 is 2.29 bits per heavy atom. The van der Waals surface area contributed by atoms with Crippen molar-refractivity contribution in [2.24, 2.45) is 0 Å². The molecule has 0 aliphatic carbocycles. The quantitative estimate of drug-likeness (QED) is 0.866. The van der Waals surface area contributed by atoms with Crippen LogP contribution in [0, 0.1) is 13.8 Å². The number of rotatable bonds is 4. The molecule has 128 valence electrons. The maximum atomic E-state index is 12.6. The number of hydrogen-bond acceptors (Lipinski definition) is 3. The van der Waals surface area contributed by atoms with Gasteiger partial charge in [-0.1, -0.05) is 19.1 Å². The number of amides is 1. The summed E-state index contributed by atoms with van der Waals surface area (Å²) >= 11 is 0. The van der Waals surface area contributed by atoms with E-state index in [1.165, 1.54) is 0 Å². The van der Waals surface area contributed by atoms with Crippen molar-refractivity contribution in [3.63, 3.8) is 0 Å². The molecule has 5 heteroatoms. The number of aromatic nitrogens is 2. The van der Waals surface area contributed by atoms with Gasteiger partial charge in [-0.15, -0.1) is 0 Å². The zero-order valence-corrected chi connectivity index (χ0v) is 14.8. The molecule has 1 saturated heterocycles. The van der Waals surface area contributed by atoms with Gasteiger partial charge in [0, 0.05) is 37.4 Å². The van der Waals surface area contributed by atoms with E-state index in [4.69, 9.17) is 0 Å². The molecular weight excluding hydrogens is 300 g/mol. The number of carbonyl (C=O) groups excluding carboxylic acids is 1. The Labute approximate surface area is 143 Å². The van der Waals surface area contributed by atoms with E-state index >= 15 is 0 Å². The highest BCUT2D eigenvalue weighted by Gasteiger charge is 2.21. The molecule has 3 rings (SSSR count). The van der Waals surface area contributed by atoms with E-state index in [9.17, 15) is 4.79 Å². The van der Waals surface area contributed by atoms with Crippen molar-refractivity contribution in [3.8, 4) is 0 Å². The first-order chi connectivity index (χ1) is 11.6. The van der Waals surface area contributed by atoms with Crippen molar-refractivity contribution in [1.29, 1.82) is 0 Å². The Morgan fingerprint density at radius 2 is 1.75 bits per heavy atom.